The average Bonchev–Trinajstić information content (AvgIpc) is 2.84. The fourth-order valence-electron chi connectivity index (χ4n) is 2.08. The number of hydrogen-bond donors (Lipinski definition) is 3. The minimum absolute atomic E-state index is 0.227. The van der Waals surface area contributed by atoms with E-state index in [0.29, 0.717) is 5.56 Å². The molecule has 2 unspecified atom stereocenters. The fraction of sp³-hybridized carbons (Fsp3) is 0.429. The first-order chi connectivity index (χ1) is 8.99. The van der Waals surface area contributed by atoms with Gasteiger partial charge in [0.15, 0.2) is 0 Å². The van der Waals surface area contributed by atoms with Crippen molar-refractivity contribution in [3.05, 3.63) is 29.3 Å². The molecular weight excluding hydrogens is 244 g/mol. The van der Waals surface area contributed by atoms with Crippen molar-refractivity contribution in [1.29, 1.82) is 0 Å². The molecule has 0 radical (unpaired) electrons. The molecule has 1 aliphatic rings. The second kappa shape index (κ2) is 5.30. The summed E-state index contributed by atoms with van der Waals surface area (Å²) in [5.74, 6) is -1.75. The van der Waals surface area contributed by atoms with Gasteiger partial charge in [-0.2, -0.15) is 0 Å². The van der Waals surface area contributed by atoms with Crippen LogP contribution in [0, 0.1) is 5.92 Å². The lowest BCUT2D eigenvalue weighted by molar-refractivity contribution is -0.141. The van der Waals surface area contributed by atoms with Gasteiger partial charge in [0, 0.05) is 23.8 Å². The molecule has 1 aromatic carbocycles. The van der Waals surface area contributed by atoms with Crippen molar-refractivity contribution in [2.24, 2.45) is 5.92 Å². The van der Waals surface area contributed by atoms with E-state index < -0.39 is 17.9 Å². The number of amides is 1. The van der Waals surface area contributed by atoms with Crippen molar-refractivity contribution in [2.45, 2.75) is 26.3 Å². The van der Waals surface area contributed by atoms with Crippen LogP contribution in [0.25, 0.3) is 0 Å². The Morgan fingerprint density at radius 2 is 2.11 bits per heavy atom. The maximum absolute atomic E-state index is 12.1. The topological polar surface area (TPSA) is 78.4 Å². The van der Waals surface area contributed by atoms with Crippen molar-refractivity contribution in [3.63, 3.8) is 0 Å². The lowest BCUT2D eigenvalue weighted by Gasteiger charge is -2.18. The smallest absolute Gasteiger partial charge is 0.308 e. The second-order valence-electron chi connectivity index (χ2n) is 4.94. The molecule has 1 aromatic rings. The fourth-order valence-corrected chi connectivity index (χ4v) is 2.08. The van der Waals surface area contributed by atoms with E-state index in [-0.39, 0.29) is 5.91 Å². The van der Waals surface area contributed by atoms with E-state index in [1.54, 1.807) is 19.9 Å². The molecule has 19 heavy (non-hydrogen) atoms. The third-order valence-electron chi connectivity index (χ3n) is 3.58. The lowest BCUT2D eigenvalue weighted by atomic mass is 10.0. The zero-order valence-electron chi connectivity index (χ0n) is 11.1. The predicted octanol–water partition coefficient (Wildman–Crippen LogP) is 1.49. The van der Waals surface area contributed by atoms with Crippen LogP contribution in [0.3, 0.4) is 0 Å². The van der Waals surface area contributed by atoms with Gasteiger partial charge in [-0.25, -0.2) is 0 Å². The Balaban J connectivity index is 2.06. The van der Waals surface area contributed by atoms with Gasteiger partial charge in [0.25, 0.3) is 5.91 Å². The average molecular weight is 262 g/mol. The minimum Gasteiger partial charge on any atom is -0.481 e. The first kappa shape index (κ1) is 13.4. The number of anilines is 1. The highest BCUT2D eigenvalue weighted by Crippen LogP contribution is 2.23. The molecule has 1 aliphatic heterocycles. The highest BCUT2D eigenvalue weighted by atomic mass is 16.4. The van der Waals surface area contributed by atoms with Gasteiger partial charge < -0.3 is 15.7 Å². The van der Waals surface area contributed by atoms with Gasteiger partial charge in [-0.1, -0.05) is 0 Å². The van der Waals surface area contributed by atoms with Crippen LogP contribution in [0.5, 0.6) is 0 Å². The number of carbonyl (C=O) groups is 2. The third-order valence-corrected chi connectivity index (χ3v) is 3.58. The van der Waals surface area contributed by atoms with E-state index in [1.165, 1.54) is 0 Å². The Kier molecular flexibility index (Phi) is 3.74. The number of benzene rings is 1. The SMILES string of the molecule is CC(NC(=O)c1ccc2c(c1)CCN2)C(C)C(=O)O. The molecule has 1 heterocycles. The molecule has 0 aromatic heterocycles. The Labute approximate surface area is 112 Å². The van der Waals surface area contributed by atoms with Crippen molar-refractivity contribution in [3.8, 4) is 0 Å². The molecule has 1 amide bonds. The highest BCUT2D eigenvalue weighted by molar-refractivity contribution is 5.95. The summed E-state index contributed by atoms with van der Waals surface area (Å²) in [6, 6.07) is 5.10. The predicted molar refractivity (Wildman–Crippen MR) is 72.4 cm³/mol. The van der Waals surface area contributed by atoms with Crippen LogP contribution >= 0.6 is 0 Å². The normalized spacial score (nSPS) is 16.1. The molecule has 0 spiro atoms. The van der Waals surface area contributed by atoms with Gasteiger partial charge in [0.2, 0.25) is 0 Å². The highest BCUT2D eigenvalue weighted by Gasteiger charge is 2.22. The number of carbonyl (C=O) groups excluding carboxylic acids is 1. The monoisotopic (exact) mass is 262 g/mol. The van der Waals surface area contributed by atoms with Gasteiger partial charge in [-0.05, 0) is 44.0 Å². The number of hydrogen-bond acceptors (Lipinski definition) is 3. The molecule has 2 atom stereocenters. The minimum atomic E-state index is -0.911. The maximum Gasteiger partial charge on any atom is 0.308 e. The largest absolute Gasteiger partial charge is 0.481 e. The molecule has 0 fully saturated rings. The van der Waals surface area contributed by atoms with Crippen molar-refractivity contribution in [1.82, 2.24) is 5.32 Å². The van der Waals surface area contributed by atoms with Crippen LogP contribution in [0.2, 0.25) is 0 Å². The number of rotatable bonds is 4. The summed E-state index contributed by atoms with van der Waals surface area (Å²) in [5, 5.41) is 14.9. The van der Waals surface area contributed by atoms with Crippen LogP contribution < -0.4 is 10.6 Å². The van der Waals surface area contributed by atoms with E-state index in [2.05, 4.69) is 10.6 Å². The number of nitrogens with one attached hydrogen (secondary N) is 2. The third kappa shape index (κ3) is 2.86. The van der Waals surface area contributed by atoms with Crippen LogP contribution in [-0.4, -0.2) is 29.6 Å². The van der Waals surface area contributed by atoms with Crippen LogP contribution in [0.15, 0.2) is 18.2 Å². The van der Waals surface area contributed by atoms with Gasteiger partial charge in [0.05, 0.1) is 5.92 Å². The summed E-state index contributed by atoms with van der Waals surface area (Å²) in [4.78, 5) is 22.9. The number of fused-ring (bicyclic) bond motifs is 1. The molecule has 3 N–H and O–H groups in total. The van der Waals surface area contributed by atoms with Crippen LogP contribution in [0.4, 0.5) is 5.69 Å². The molecule has 0 saturated carbocycles. The van der Waals surface area contributed by atoms with Gasteiger partial charge in [-0.3, -0.25) is 9.59 Å². The summed E-state index contributed by atoms with van der Waals surface area (Å²) < 4.78 is 0. The van der Waals surface area contributed by atoms with E-state index in [0.717, 1.165) is 24.2 Å². The van der Waals surface area contributed by atoms with E-state index in [4.69, 9.17) is 5.11 Å². The zero-order chi connectivity index (χ0) is 14.0. The molecule has 0 bridgehead atoms. The van der Waals surface area contributed by atoms with Crippen LogP contribution in [0.1, 0.15) is 29.8 Å². The van der Waals surface area contributed by atoms with E-state index in [1.807, 2.05) is 12.1 Å². The van der Waals surface area contributed by atoms with Crippen molar-refractivity contribution < 1.29 is 14.7 Å². The molecule has 5 nitrogen and oxygen atoms in total. The standard InChI is InChI=1S/C14H18N2O3/c1-8(14(18)19)9(2)16-13(17)11-3-4-12-10(7-11)5-6-15-12/h3-4,7-9,15H,5-6H2,1-2H3,(H,16,17)(H,18,19). The van der Waals surface area contributed by atoms with Crippen LogP contribution in [-0.2, 0) is 11.2 Å². The molecular formula is C14H18N2O3. The first-order valence-corrected chi connectivity index (χ1v) is 6.39. The van der Waals surface area contributed by atoms with Crippen molar-refractivity contribution in [2.75, 3.05) is 11.9 Å². The summed E-state index contributed by atoms with van der Waals surface area (Å²) >= 11 is 0. The second-order valence-corrected chi connectivity index (χ2v) is 4.94. The lowest BCUT2D eigenvalue weighted by Crippen LogP contribution is -2.40. The van der Waals surface area contributed by atoms with Gasteiger partial charge in [0.1, 0.15) is 0 Å². The summed E-state index contributed by atoms with van der Waals surface area (Å²) in [6.45, 7) is 4.18. The molecule has 2 rings (SSSR count). The maximum atomic E-state index is 12.1. The van der Waals surface area contributed by atoms with Gasteiger partial charge >= 0.3 is 5.97 Å². The molecule has 5 heteroatoms. The molecule has 0 saturated heterocycles. The summed E-state index contributed by atoms with van der Waals surface area (Å²) in [5.41, 5.74) is 2.78. The Hall–Kier alpha value is -2.04. The number of aliphatic carboxylic acids is 1. The number of carboxylic acid groups (broad SMARTS) is 1. The molecule has 102 valence electrons. The summed E-state index contributed by atoms with van der Waals surface area (Å²) in [6.07, 6.45) is 0.914. The van der Waals surface area contributed by atoms with Gasteiger partial charge in [-0.15, -0.1) is 0 Å². The number of carboxylic acids is 1. The Morgan fingerprint density at radius 3 is 2.79 bits per heavy atom. The Bertz CT molecular complexity index is 513. The van der Waals surface area contributed by atoms with Crippen molar-refractivity contribution >= 4 is 17.6 Å². The Morgan fingerprint density at radius 1 is 1.37 bits per heavy atom. The molecule has 0 aliphatic carbocycles. The van der Waals surface area contributed by atoms with E-state index in [9.17, 15) is 9.59 Å². The first-order valence-electron chi connectivity index (χ1n) is 6.39. The van der Waals surface area contributed by atoms with E-state index >= 15 is 0 Å². The quantitative estimate of drug-likeness (QED) is 0.768. The zero-order valence-corrected chi connectivity index (χ0v) is 11.1. The summed E-state index contributed by atoms with van der Waals surface area (Å²) in [7, 11) is 0.